The highest BCUT2D eigenvalue weighted by molar-refractivity contribution is 7.93. The van der Waals surface area contributed by atoms with Crippen LogP contribution in [0.4, 0.5) is 8.78 Å². The van der Waals surface area contributed by atoms with Gasteiger partial charge < -0.3 is 0 Å². The third-order valence-corrected chi connectivity index (χ3v) is 5.07. The Hall–Kier alpha value is -0.750. The summed E-state index contributed by atoms with van der Waals surface area (Å²) in [6.07, 6.45) is 2.77. The van der Waals surface area contributed by atoms with E-state index in [1.807, 2.05) is 0 Å². The zero-order valence-corrected chi connectivity index (χ0v) is 11.2. The quantitative estimate of drug-likeness (QED) is 0.799. The van der Waals surface area contributed by atoms with Gasteiger partial charge in [0.2, 0.25) is 0 Å². The lowest BCUT2D eigenvalue weighted by atomic mass is 10.2. The summed E-state index contributed by atoms with van der Waals surface area (Å²) in [5, 5.41) is -3.86. The molecule has 0 radical (unpaired) electrons. The van der Waals surface area contributed by atoms with E-state index in [0.29, 0.717) is 5.56 Å². The van der Waals surface area contributed by atoms with E-state index in [1.165, 1.54) is 25.6 Å². The maximum atomic E-state index is 12.7. The number of nitrogens with zero attached hydrogens (tertiary/aromatic N) is 2. The standard InChI is InChI=1S/C10H13ClF2N2OS/c1-7(17(3,16)14-2)8-4-5-9(15-6-8)10(11,12)13/h4-7H,1-3H3. The first-order valence-corrected chi connectivity index (χ1v) is 7.17. The maximum absolute atomic E-state index is 12.7. The Morgan fingerprint density at radius 2 is 2.12 bits per heavy atom. The Morgan fingerprint density at radius 1 is 1.53 bits per heavy atom. The third-order valence-electron chi connectivity index (χ3n) is 2.56. The Bertz CT molecular complexity index is 504. The molecule has 0 saturated carbocycles. The zero-order valence-electron chi connectivity index (χ0n) is 9.65. The van der Waals surface area contributed by atoms with E-state index in [-0.39, 0.29) is 5.25 Å². The number of rotatable bonds is 3. The lowest BCUT2D eigenvalue weighted by Crippen LogP contribution is -2.10. The van der Waals surface area contributed by atoms with Gasteiger partial charge >= 0.3 is 5.38 Å². The predicted octanol–water partition coefficient (Wildman–Crippen LogP) is 3.16. The molecule has 0 N–H and O–H groups in total. The largest absolute Gasteiger partial charge is 0.364 e. The molecule has 0 fully saturated rings. The van der Waals surface area contributed by atoms with Crippen molar-refractivity contribution in [3.05, 3.63) is 29.6 Å². The van der Waals surface area contributed by atoms with Gasteiger partial charge in [-0.2, -0.15) is 8.78 Å². The SMILES string of the molecule is CN=S(C)(=O)C(C)c1ccc(C(F)(F)Cl)nc1. The number of alkyl halides is 3. The van der Waals surface area contributed by atoms with E-state index < -0.39 is 20.8 Å². The number of pyridine rings is 1. The molecule has 0 aliphatic heterocycles. The van der Waals surface area contributed by atoms with Crippen LogP contribution in [0, 0.1) is 0 Å². The van der Waals surface area contributed by atoms with E-state index >= 15 is 0 Å². The number of hydrogen-bond donors (Lipinski definition) is 0. The molecule has 0 saturated heterocycles. The minimum Gasteiger partial charge on any atom is -0.253 e. The van der Waals surface area contributed by atoms with Gasteiger partial charge in [-0.3, -0.25) is 4.98 Å². The fourth-order valence-electron chi connectivity index (χ4n) is 1.22. The van der Waals surface area contributed by atoms with Crippen LogP contribution in [0.5, 0.6) is 0 Å². The fourth-order valence-corrected chi connectivity index (χ4v) is 2.30. The second-order valence-electron chi connectivity index (χ2n) is 3.66. The molecule has 1 aromatic rings. The molecule has 1 rings (SSSR count). The first-order valence-electron chi connectivity index (χ1n) is 4.80. The second kappa shape index (κ2) is 4.86. The fraction of sp³-hybridized carbons (Fsp3) is 0.500. The summed E-state index contributed by atoms with van der Waals surface area (Å²) in [6, 6.07) is 2.57. The van der Waals surface area contributed by atoms with Gasteiger partial charge in [0, 0.05) is 19.5 Å². The topological polar surface area (TPSA) is 42.3 Å². The van der Waals surface area contributed by atoms with Gasteiger partial charge in [0.15, 0.2) is 0 Å². The average Bonchev–Trinajstić information content (AvgIpc) is 2.27. The summed E-state index contributed by atoms with van der Waals surface area (Å²) < 4.78 is 41.2. The summed E-state index contributed by atoms with van der Waals surface area (Å²) >= 11 is 4.84. The normalized spacial score (nSPS) is 17.3. The third kappa shape index (κ3) is 3.35. The predicted molar refractivity (Wildman–Crippen MR) is 64.8 cm³/mol. The van der Waals surface area contributed by atoms with Crippen LogP contribution in [0.2, 0.25) is 0 Å². The van der Waals surface area contributed by atoms with Crippen molar-refractivity contribution in [3.63, 3.8) is 0 Å². The van der Waals surface area contributed by atoms with Gasteiger partial charge in [0.1, 0.15) is 5.69 Å². The van der Waals surface area contributed by atoms with Gasteiger partial charge in [0.05, 0.1) is 15.0 Å². The second-order valence-corrected chi connectivity index (χ2v) is 6.93. The van der Waals surface area contributed by atoms with Gasteiger partial charge in [-0.1, -0.05) is 6.07 Å². The van der Waals surface area contributed by atoms with Crippen LogP contribution < -0.4 is 0 Å². The van der Waals surface area contributed by atoms with Crippen molar-refractivity contribution < 1.29 is 13.0 Å². The molecule has 0 aliphatic rings. The highest BCUT2D eigenvalue weighted by Crippen LogP contribution is 2.31. The molecule has 0 spiro atoms. The monoisotopic (exact) mass is 282 g/mol. The van der Waals surface area contributed by atoms with E-state index in [4.69, 9.17) is 11.6 Å². The highest BCUT2D eigenvalue weighted by atomic mass is 35.5. The van der Waals surface area contributed by atoms with Gasteiger partial charge in [0.25, 0.3) is 0 Å². The number of hydrogen-bond acceptors (Lipinski definition) is 3. The molecule has 0 amide bonds. The zero-order chi connectivity index (χ0) is 13.3. The first kappa shape index (κ1) is 14.3. The molecular formula is C10H13ClF2N2OS. The molecule has 2 unspecified atom stereocenters. The van der Waals surface area contributed by atoms with Crippen LogP contribution in [0.3, 0.4) is 0 Å². The minimum absolute atomic E-state index is 0.377. The van der Waals surface area contributed by atoms with Gasteiger partial charge in [-0.25, -0.2) is 8.57 Å². The molecule has 7 heteroatoms. The molecule has 0 bridgehead atoms. The molecule has 0 aromatic carbocycles. The van der Waals surface area contributed by atoms with Crippen LogP contribution in [0.25, 0.3) is 0 Å². The minimum atomic E-state index is -3.48. The maximum Gasteiger partial charge on any atom is 0.364 e. The van der Waals surface area contributed by atoms with E-state index in [1.54, 1.807) is 6.92 Å². The molecule has 3 nitrogen and oxygen atoms in total. The Kier molecular flexibility index (Phi) is 4.09. The Labute approximate surface area is 104 Å². The summed E-state index contributed by atoms with van der Waals surface area (Å²) in [4.78, 5) is 3.57. The van der Waals surface area contributed by atoms with E-state index in [0.717, 1.165) is 6.07 Å². The molecule has 2 atom stereocenters. The lowest BCUT2D eigenvalue weighted by molar-refractivity contribution is 0.0900. The van der Waals surface area contributed by atoms with Crippen molar-refractivity contribution >= 4 is 21.3 Å². The lowest BCUT2D eigenvalue weighted by Gasteiger charge is -2.14. The van der Waals surface area contributed by atoms with Crippen molar-refractivity contribution in [2.75, 3.05) is 13.3 Å². The van der Waals surface area contributed by atoms with E-state index in [2.05, 4.69) is 9.35 Å². The molecule has 1 aromatic heterocycles. The van der Waals surface area contributed by atoms with Crippen LogP contribution in [0.1, 0.15) is 23.4 Å². The van der Waals surface area contributed by atoms with E-state index in [9.17, 15) is 13.0 Å². The van der Waals surface area contributed by atoms with Crippen LogP contribution in [0.15, 0.2) is 22.7 Å². The number of halogens is 3. The molecular weight excluding hydrogens is 270 g/mol. The summed E-state index contributed by atoms with van der Waals surface area (Å²) in [7, 11) is -0.919. The van der Waals surface area contributed by atoms with Crippen molar-refractivity contribution in [1.29, 1.82) is 0 Å². The van der Waals surface area contributed by atoms with Crippen molar-refractivity contribution in [2.24, 2.45) is 4.36 Å². The summed E-state index contributed by atoms with van der Waals surface area (Å²) in [6.45, 7) is 1.71. The van der Waals surface area contributed by atoms with Crippen molar-refractivity contribution in [3.8, 4) is 0 Å². The molecule has 96 valence electrons. The van der Waals surface area contributed by atoms with Gasteiger partial charge in [-0.15, -0.1) is 0 Å². The molecule has 1 heterocycles. The summed E-state index contributed by atoms with van der Waals surface area (Å²) in [5.74, 6) is 0. The van der Waals surface area contributed by atoms with Crippen molar-refractivity contribution in [2.45, 2.75) is 17.6 Å². The summed E-state index contributed by atoms with van der Waals surface area (Å²) in [5.41, 5.74) is 0.0684. The van der Waals surface area contributed by atoms with Crippen LogP contribution >= 0.6 is 11.6 Å². The van der Waals surface area contributed by atoms with Crippen LogP contribution in [-0.2, 0) is 15.1 Å². The smallest absolute Gasteiger partial charge is 0.253 e. The van der Waals surface area contributed by atoms with Gasteiger partial charge in [-0.05, 0) is 30.2 Å². The van der Waals surface area contributed by atoms with Crippen molar-refractivity contribution in [1.82, 2.24) is 4.98 Å². The first-order chi connectivity index (χ1) is 7.68. The average molecular weight is 283 g/mol. The number of aromatic nitrogens is 1. The van der Waals surface area contributed by atoms with Crippen LogP contribution in [-0.4, -0.2) is 22.5 Å². The molecule has 17 heavy (non-hydrogen) atoms. The highest BCUT2D eigenvalue weighted by Gasteiger charge is 2.29. The molecule has 0 aliphatic carbocycles. The Morgan fingerprint density at radius 3 is 2.47 bits per heavy atom. The Balaban J connectivity index is 3.09.